The van der Waals surface area contributed by atoms with E-state index in [9.17, 15) is 4.39 Å². The molecule has 0 aliphatic rings. The summed E-state index contributed by atoms with van der Waals surface area (Å²) in [6.07, 6.45) is 0. The molecule has 2 N–H and O–H groups in total. The third kappa shape index (κ3) is 2.38. The lowest BCUT2D eigenvalue weighted by Crippen LogP contribution is -2.11. The highest BCUT2D eigenvalue weighted by Crippen LogP contribution is 2.27. The van der Waals surface area contributed by atoms with Gasteiger partial charge in [-0.3, -0.25) is 0 Å². The van der Waals surface area contributed by atoms with Crippen LogP contribution in [0.3, 0.4) is 0 Å². The zero-order chi connectivity index (χ0) is 10.8. The van der Waals surface area contributed by atoms with Gasteiger partial charge in [0.05, 0.1) is 6.04 Å². The van der Waals surface area contributed by atoms with Gasteiger partial charge in [-0.1, -0.05) is 12.1 Å². The fourth-order valence-electron chi connectivity index (χ4n) is 1.38. The van der Waals surface area contributed by atoms with Crippen LogP contribution in [0, 0.1) is 9.39 Å². The van der Waals surface area contributed by atoms with Crippen molar-refractivity contribution in [2.45, 2.75) is 6.04 Å². The van der Waals surface area contributed by atoms with Crippen molar-refractivity contribution >= 4 is 33.9 Å². The molecule has 2 rings (SSSR count). The molecule has 0 fully saturated rings. The van der Waals surface area contributed by atoms with Crippen LogP contribution < -0.4 is 5.73 Å². The molecule has 0 saturated carbocycles. The highest BCUT2D eigenvalue weighted by atomic mass is 127. The Morgan fingerprint density at radius 2 is 2.13 bits per heavy atom. The lowest BCUT2D eigenvalue weighted by Gasteiger charge is -2.12. The second kappa shape index (κ2) is 4.59. The van der Waals surface area contributed by atoms with Crippen LogP contribution in [0.5, 0.6) is 0 Å². The van der Waals surface area contributed by atoms with Gasteiger partial charge >= 0.3 is 0 Å². The third-order valence-corrected chi connectivity index (χ3v) is 4.04. The minimum absolute atomic E-state index is 0.155. The van der Waals surface area contributed by atoms with Gasteiger partial charge in [0, 0.05) is 8.45 Å². The van der Waals surface area contributed by atoms with Gasteiger partial charge in [-0.15, -0.1) is 11.3 Å². The molecule has 1 unspecified atom stereocenters. The molecule has 1 atom stereocenters. The Morgan fingerprint density at radius 1 is 1.33 bits per heavy atom. The summed E-state index contributed by atoms with van der Waals surface area (Å²) in [5.74, 6) is -0.221. The minimum Gasteiger partial charge on any atom is -0.320 e. The summed E-state index contributed by atoms with van der Waals surface area (Å²) in [6.45, 7) is 0. The number of hydrogen-bond acceptors (Lipinski definition) is 2. The smallest absolute Gasteiger partial charge is 0.124 e. The number of thiophene rings is 1. The minimum atomic E-state index is -0.221. The normalized spacial score (nSPS) is 12.7. The number of nitrogens with two attached hydrogens (primary N) is 1. The molecule has 78 valence electrons. The van der Waals surface area contributed by atoms with Crippen LogP contribution in [0.25, 0.3) is 0 Å². The summed E-state index contributed by atoms with van der Waals surface area (Å²) in [5, 5.41) is 1.99. The zero-order valence-corrected chi connectivity index (χ0v) is 10.8. The van der Waals surface area contributed by atoms with Gasteiger partial charge in [0.2, 0.25) is 0 Å². The van der Waals surface area contributed by atoms with Crippen LogP contribution in [0.1, 0.15) is 16.5 Å². The molecule has 0 aliphatic heterocycles. The van der Waals surface area contributed by atoms with Gasteiger partial charge in [-0.2, -0.15) is 0 Å². The average molecular weight is 333 g/mol. The molecular weight excluding hydrogens is 324 g/mol. The Morgan fingerprint density at radius 3 is 2.73 bits per heavy atom. The van der Waals surface area contributed by atoms with E-state index in [-0.39, 0.29) is 11.9 Å². The van der Waals surface area contributed by atoms with Crippen LogP contribution >= 0.6 is 33.9 Å². The second-order valence-corrected chi connectivity index (χ2v) is 5.30. The first kappa shape index (κ1) is 11.0. The van der Waals surface area contributed by atoms with Crippen molar-refractivity contribution in [3.05, 3.63) is 55.5 Å². The van der Waals surface area contributed by atoms with Crippen LogP contribution in [0.2, 0.25) is 0 Å². The van der Waals surface area contributed by atoms with E-state index in [2.05, 4.69) is 22.6 Å². The largest absolute Gasteiger partial charge is 0.320 e. The maximum Gasteiger partial charge on any atom is 0.124 e. The molecule has 2 aromatic rings. The van der Waals surface area contributed by atoms with E-state index in [1.165, 1.54) is 12.1 Å². The predicted molar refractivity (Wildman–Crippen MR) is 69.5 cm³/mol. The van der Waals surface area contributed by atoms with Crippen LogP contribution in [-0.2, 0) is 0 Å². The number of rotatable bonds is 2. The van der Waals surface area contributed by atoms with Crippen molar-refractivity contribution in [1.82, 2.24) is 0 Å². The van der Waals surface area contributed by atoms with Crippen molar-refractivity contribution in [2.75, 3.05) is 0 Å². The van der Waals surface area contributed by atoms with E-state index in [4.69, 9.17) is 5.73 Å². The number of halogens is 2. The van der Waals surface area contributed by atoms with Crippen molar-refractivity contribution in [2.24, 2.45) is 5.73 Å². The zero-order valence-electron chi connectivity index (χ0n) is 7.78. The topological polar surface area (TPSA) is 26.0 Å². The molecule has 1 aromatic carbocycles. The Labute approximate surface area is 105 Å². The molecule has 0 spiro atoms. The molecule has 1 aromatic heterocycles. The maximum atomic E-state index is 12.9. The Kier molecular flexibility index (Phi) is 3.38. The Balaban J connectivity index is 2.38. The van der Waals surface area contributed by atoms with Crippen molar-refractivity contribution < 1.29 is 4.39 Å². The van der Waals surface area contributed by atoms with Crippen molar-refractivity contribution in [3.63, 3.8) is 0 Å². The fourth-order valence-corrected chi connectivity index (χ4v) is 2.93. The molecule has 0 bridgehead atoms. The molecule has 4 heteroatoms. The average Bonchev–Trinajstić information content (AvgIpc) is 2.69. The quantitative estimate of drug-likeness (QED) is 0.836. The van der Waals surface area contributed by atoms with E-state index < -0.39 is 0 Å². The Hall–Kier alpha value is -0.460. The van der Waals surface area contributed by atoms with E-state index in [1.807, 2.05) is 17.5 Å². The SMILES string of the molecule is NC(c1cccs1)c1ccc(F)cc1I. The van der Waals surface area contributed by atoms with Crippen LogP contribution in [-0.4, -0.2) is 0 Å². The lowest BCUT2D eigenvalue weighted by atomic mass is 10.1. The molecule has 15 heavy (non-hydrogen) atoms. The van der Waals surface area contributed by atoms with E-state index in [0.717, 1.165) is 14.0 Å². The fraction of sp³-hybridized carbons (Fsp3) is 0.0909. The summed E-state index contributed by atoms with van der Waals surface area (Å²) in [5.41, 5.74) is 7.07. The summed E-state index contributed by atoms with van der Waals surface area (Å²) < 4.78 is 13.8. The molecule has 1 heterocycles. The highest BCUT2D eigenvalue weighted by molar-refractivity contribution is 14.1. The molecule has 1 nitrogen and oxygen atoms in total. The second-order valence-electron chi connectivity index (χ2n) is 3.16. The van der Waals surface area contributed by atoms with Gasteiger partial charge in [-0.05, 0) is 51.7 Å². The van der Waals surface area contributed by atoms with Gasteiger partial charge in [0.1, 0.15) is 5.82 Å². The monoisotopic (exact) mass is 333 g/mol. The third-order valence-electron chi connectivity index (χ3n) is 2.15. The first-order chi connectivity index (χ1) is 7.18. The first-order valence-electron chi connectivity index (χ1n) is 4.42. The molecule has 0 saturated heterocycles. The standard InChI is InChI=1S/C11H9FINS/c12-7-3-4-8(9(13)6-7)11(14)10-2-1-5-15-10/h1-6,11H,14H2. The van der Waals surface area contributed by atoms with Gasteiger partial charge in [-0.25, -0.2) is 4.39 Å². The van der Waals surface area contributed by atoms with Gasteiger partial charge in [0.15, 0.2) is 0 Å². The summed E-state index contributed by atoms with van der Waals surface area (Å²) >= 11 is 3.73. The van der Waals surface area contributed by atoms with E-state index in [1.54, 1.807) is 17.4 Å². The summed E-state index contributed by atoms with van der Waals surface area (Å²) in [7, 11) is 0. The number of hydrogen-bond donors (Lipinski definition) is 1. The number of benzene rings is 1. The van der Waals surface area contributed by atoms with E-state index in [0.29, 0.717) is 0 Å². The summed E-state index contributed by atoms with van der Waals surface area (Å²) in [4.78, 5) is 1.10. The van der Waals surface area contributed by atoms with Gasteiger partial charge in [0.25, 0.3) is 0 Å². The molecule has 0 amide bonds. The van der Waals surface area contributed by atoms with Crippen LogP contribution in [0.4, 0.5) is 4.39 Å². The van der Waals surface area contributed by atoms with Gasteiger partial charge < -0.3 is 5.73 Å². The lowest BCUT2D eigenvalue weighted by molar-refractivity contribution is 0.625. The van der Waals surface area contributed by atoms with Crippen molar-refractivity contribution in [3.8, 4) is 0 Å². The summed E-state index contributed by atoms with van der Waals surface area (Å²) in [6, 6.07) is 8.51. The van der Waals surface area contributed by atoms with Crippen molar-refractivity contribution in [1.29, 1.82) is 0 Å². The molecular formula is C11H9FINS. The maximum absolute atomic E-state index is 12.9. The predicted octanol–water partition coefficient (Wildman–Crippen LogP) is 3.54. The molecule has 0 aliphatic carbocycles. The first-order valence-corrected chi connectivity index (χ1v) is 6.38. The van der Waals surface area contributed by atoms with Crippen LogP contribution in [0.15, 0.2) is 35.7 Å². The van der Waals surface area contributed by atoms with E-state index >= 15 is 0 Å². The highest BCUT2D eigenvalue weighted by Gasteiger charge is 2.13. The Bertz CT molecular complexity index is 456. The molecule has 0 radical (unpaired) electrons.